The van der Waals surface area contributed by atoms with Crippen LogP contribution >= 0.6 is 0 Å². The van der Waals surface area contributed by atoms with Crippen molar-refractivity contribution in [3.8, 4) is 0 Å². The molecule has 0 atom stereocenters. The van der Waals surface area contributed by atoms with Crippen molar-refractivity contribution in [3.05, 3.63) is 28.8 Å². The predicted molar refractivity (Wildman–Crippen MR) is 78.9 cm³/mol. The van der Waals surface area contributed by atoms with Gasteiger partial charge < -0.3 is 15.2 Å². The van der Waals surface area contributed by atoms with E-state index < -0.39 is 0 Å². The van der Waals surface area contributed by atoms with Crippen molar-refractivity contribution in [2.45, 2.75) is 40.7 Å². The first kappa shape index (κ1) is 14.3. The van der Waals surface area contributed by atoms with Crippen molar-refractivity contribution in [2.24, 2.45) is 0 Å². The monoisotopic (exact) mass is 275 g/mol. The minimum Gasteiger partial charge on any atom is -0.366 e. The minimum atomic E-state index is 0.644. The zero-order chi connectivity index (χ0) is 14.5. The van der Waals surface area contributed by atoms with E-state index in [4.69, 9.17) is 4.52 Å². The molecule has 0 aliphatic rings. The van der Waals surface area contributed by atoms with Gasteiger partial charge in [0.25, 0.3) is 0 Å². The second-order valence-electron chi connectivity index (χ2n) is 4.80. The maximum absolute atomic E-state index is 5.15. The van der Waals surface area contributed by atoms with E-state index in [2.05, 4.69) is 32.7 Å². The molecule has 0 saturated heterocycles. The molecule has 6 heteroatoms. The molecule has 2 aromatic heterocycles. The first-order valence-corrected chi connectivity index (χ1v) is 6.85. The number of aryl methyl sites for hydroxylation is 3. The van der Waals surface area contributed by atoms with Crippen LogP contribution in [0.4, 0.5) is 11.8 Å². The van der Waals surface area contributed by atoms with Crippen LogP contribution in [0.2, 0.25) is 0 Å². The van der Waals surface area contributed by atoms with Crippen LogP contribution < -0.4 is 10.6 Å². The number of hydrogen-bond acceptors (Lipinski definition) is 6. The van der Waals surface area contributed by atoms with Gasteiger partial charge in [0.05, 0.1) is 5.69 Å². The largest absolute Gasteiger partial charge is 0.366 e. The number of hydrogen-bond donors (Lipinski definition) is 2. The van der Waals surface area contributed by atoms with Crippen LogP contribution in [0.5, 0.6) is 0 Å². The van der Waals surface area contributed by atoms with Crippen molar-refractivity contribution in [1.29, 1.82) is 0 Å². The van der Waals surface area contributed by atoms with Gasteiger partial charge in [-0.1, -0.05) is 12.1 Å². The zero-order valence-corrected chi connectivity index (χ0v) is 12.4. The van der Waals surface area contributed by atoms with E-state index in [1.165, 1.54) is 0 Å². The average molecular weight is 275 g/mol. The molecule has 2 N–H and O–H groups in total. The quantitative estimate of drug-likeness (QED) is 0.844. The Labute approximate surface area is 119 Å². The fourth-order valence-electron chi connectivity index (χ4n) is 1.91. The van der Waals surface area contributed by atoms with Gasteiger partial charge in [-0.2, -0.15) is 4.98 Å². The van der Waals surface area contributed by atoms with E-state index in [9.17, 15) is 0 Å². The number of nitrogens with zero attached hydrogens (tertiary/aromatic N) is 3. The van der Waals surface area contributed by atoms with Gasteiger partial charge in [0, 0.05) is 30.4 Å². The van der Waals surface area contributed by atoms with Crippen LogP contribution in [0.15, 0.2) is 10.6 Å². The fraction of sp³-hybridized carbons (Fsp3) is 0.500. The second-order valence-corrected chi connectivity index (χ2v) is 4.80. The summed E-state index contributed by atoms with van der Waals surface area (Å²) in [5.74, 6) is 2.30. The van der Waals surface area contributed by atoms with E-state index in [1.807, 2.05) is 26.8 Å². The van der Waals surface area contributed by atoms with Gasteiger partial charge in [0.2, 0.25) is 5.95 Å². The molecule has 0 unspecified atom stereocenters. The summed E-state index contributed by atoms with van der Waals surface area (Å²) in [7, 11) is 0. The molecule has 0 aliphatic heterocycles. The molecular formula is C14H21N5O. The van der Waals surface area contributed by atoms with E-state index in [-0.39, 0.29) is 0 Å². The van der Waals surface area contributed by atoms with Crippen LogP contribution in [-0.2, 0) is 6.54 Å². The van der Waals surface area contributed by atoms with Gasteiger partial charge >= 0.3 is 0 Å². The van der Waals surface area contributed by atoms with E-state index in [1.54, 1.807) is 0 Å². The lowest BCUT2D eigenvalue weighted by molar-refractivity contribution is 0.392. The standard InChI is InChI=1S/C14H21N5O/c1-5-6-15-14-17-9(2)7-13(18-14)16-8-12-10(3)19-20-11(12)4/h7H,5-6,8H2,1-4H3,(H2,15,16,17,18). The van der Waals surface area contributed by atoms with Gasteiger partial charge in [-0.3, -0.25) is 0 Å². The Bertz CT molecular complexity index is 559. The molecule has 0 fully saturated rings. The molecular weight excluding hydrogens is 254 g/mol. The SMILES string of the molecule is CCCNc1nc(C)cc(NCc2c(C)noc2C)n1. The topological polar surface area (TPSA) is 75.9 Å². The molecule has 2 rings (SSSR count). The maximum atomic E-state index is 5.15. The van der Waals surface area contributed by atoms with Crippen LogP contribution in [-0.4, -0.2) is 21.7 Å². The minimum absolute atomic E-state index is 0.644. The van der Waals surface area contributed by atoms with Gasteiger partial charge in [0.1, 0.15) is 11.6 Å². The fourth-order valence-corrected chi connectivity index (χ4v) is 1.91. The summed E-state index contributed by atoms with van der Waals surface area (Å²) in [6.07, 6.45) is 1.04. The number of rotatable bonds is 6. The smallest absolute Gasteiger partial charge is 0.224 e. The van der Waals surface area contributed by atoms with Crippen LogP contribution in [0, 0.1) is 20.8 Å². The highest BCUT2D eigenvalue weighted by molar-refractivity contribution is 5.43. The van der Waals surface area contributed by atoms with Gasteiger partial charge in [-0.05, 0) is 27.2 Å². The third-order valence-corrected chi connectivity index (χ3v) is 3.01. The molecule has 20 heavy (non-hydrogen) atoms. The van der Waals surface area contributed by atoms with E-state index >= 15 is 0 Å². The molecule has 2 aromatic rings. The molecule has 0 amide bonds. The zero-order valence-electron chi connectivity index (χ0n) is 12.4. The molecule has 6 nitrogen and oxygen atoms in total. The predicted octanol–water partition coefficient (Wildman–Crippen LogP) is 2.82. The molecule has 0 saturated carbocycles. The van der Waals surface area contributed by atoms with Crippen molar-refractivity contribution in [1.82, 2.24) is 15.1 Å². The molecule has 0 spiro atoms. The highest BCUT2D eigenvalue weighted by Crippen LogP contribution is 2.15. The normalized spacial score (nSPS) is 10.6. The molecule has 2 heterocycles. The Kier molecular flexibility index (Phi) is 4.55. The van der Waals surface area contributed by atoms with Crippen LogP contribution in [0.1, 0.15) is 36.1 Å². The van der Waals surface area contributed by atoms with Gasteiger partial charge in [-0.25, -0.2) is 4.98 Å². The maximum Gasteiger partial charge on any atom is 0.224 e. The summed E-state index contributed by atoms with van der Waals surface area (Å²) in [5, 5.41) is 10.4. The lowest BCUT2D eigenvalue weighted by Gasteiger charge is -2.09. The number of aromatic nitrogens is 3. The van der Waals surface area contributed by atoms with Crippen molar-refractivity contribution in [3.63, 3.8) is 0 Å². The highest BCUT2D eigenvalue weighted by atomic mass is 16.5. The lowest BCUT2D eigenvalue weighted by Crippen LogP contribution is -2.09. The van der Waals surface area contributed by atoms with Gasteiger partial charge in [0.15, 0.2) is 0 Å². The highest BCUT2D eigenvalue weighted by Gasteiger charge is 2.09. The van der Waals surface area contributed by atoms with Gasteiger partial charge in [-0.15, -0.1) is 0 Å². The number of anilines is 2. The first-order valence-electron chi connectivity index (χ1n) is 6.85. The Balaban J connectivity index is 2.07. The Morgan fingerprint density at radius 3 is 2.60 bits per heavy atom. The second kappa shape index (κ2) is 6.36. The van der Waals surface area contributed by atoms with Crippen LogP contribution in [0.25, 0.3) is 0 Å². The average Bonchev–Trinajstić information content (AvgIpc) is 2.73. The van der Waals surface area contributed by atoms with Crippen molar-refractivity contribution < 1.29 is 4.52 Å². The summed E-state index contributed by atoms with van der Waals surface area (Å²) in [6, 6.07) is 1.93. The molecule has 108 valence electrons. The molecule has 0 aromatic carbocycles. The van der Waals surface area contributed by atoms with Crippen molar-refractivity contribution in [2.75, 3.05) is 17.2 Å². The third kappa shape index (κ3) is 3.46. The van der Waals surface area contributed by atoms with Crippen molar-refractivity contribution >= 4 is 11.8 Å². The lowest BCUT2D eigenvalue weighted by atomic mass is 10.2. The summed E-state index contributed by atoms with van der Waals surface area (Å²) in [5.41, 5.74) is 2.91. The molecule has 0 bridgehead atoms. The summed E-state index contributed by atoms with van der Waals surface area (Å²) < 4.78 is 5.15. The third-order valence-electron chi connectivity index (χ3n) is 3.01. The Hall–Kier alpha value is -2.11. The number of nitrogens with one attached hydrogen (secondary N) is 2. The Morgan fingerprint density at radius 2 is 1.95 bits per heavy atom. The summed E-state index contributed by atoms with van der Waals surface area (Å²) in [6.45, 7) is 9.43. The molecule has 0 radical (unpaired) electrons. The molecule has 0 aliphatic carbocycles. The summed E-state index contributed by atoms with van der Waals surface area (Å²) >= 11 is 0. The first-order chi connectivity index (χ1) is 9.60. The van der Waals surface area contributed by atoms with E-state index in [0.29, 0.717) is 12.5 Å². The Morgan fingerprint density at radius 1 is 1.15 bits per heavy atom. The van der Waals surface area contributed by atoms with E-state index in [0.717, 1.165) is 41.5 Å². The summed E-state index contributed by atoms with van der Waals surface area (Å²) in [4.78, 5) is 8.80. The van der Waals surface area contributed by atoms with Crippen LogP contribution in [0.3, 0.4) is 0 Å².